The van der Waals surface area contributed by atoms with Crippen LogP contribution in [0, 0.1) is 0 Å². The number of halogens is 1. The number of nitrogens with one attached hydrogen (secondary N) is 1. The Hall–Kier alpha value is -2.12. The van der Waals surface area contributed by atoms with Crippen molar-refractivity contribution in [2.24, 2.45) is 0 Å². The van der Waals surface area contributed by atoms with Crippen LogP contribution in [0.4, 0.5) is 11.5 Å². The zero-order valence-electron chi connectivity index (χ0n) is 11.0. The van der Waals surface area contributed by atoms with Crippen LogP contribution in [0.3, 0.4) is 0 Å². The smallest absolute Gasteiger partial charge is 0.255 e. The lowest BCUT2D eigenvalue weighted by atomic mass is 10.2. The van der Waals surface area contributed by atoms with E-state index in [-0.39, 0.29) is 21.4 Å². The lowest BCUT2D eigenvalue weighted by Gasteiger charge is -2.07. The van der Waals surface area contributed by atoms with Crippen molar-refractivity contribution in [2.45, 2.75) is 4.90 Å². The number of aromatic nitrogens is 1. The minimum absolute atomic E-state index is 0.118. The van der Waals surface area contributed by atoms with Crippen molar-refractivity contribution in [3.05, 3.63) is 47.1 Å². The molecule has 3 N–H and O–H groups in total. The molecule has 0 aliphatic rings. The van der Waals surface area contributed by atoms with Gasteiger partial charge in [0.25, 0.3) is 5.91 Å². The predicted octanol–water partition coefficient (Wildman–Crippen LogP) is 1.97. The fourth-order valence-corrected chi connectivity index (χ4v) is 2.48. The summed E-state index contributed by atoms with van der Waals surface area (Å²) < 4.78 is 22.7. The summed E-state index contributed by atoms with van der Waals surface area (Å²) in [6.45, 7) is 0. The maximum atomic E-state index is 12.0. The van der Waals surface area contributed by atoms with E-state index in [0.717, 1.165) is 6.26 Å². The first kappa shape index (κ1) is 15.3. The van der Waals surface area contributed by atoms with Gasteiger partial charge in [0, 0.05) is 17.5 Å². The maximum Gasteiger partial charge on any atom is 0.255 e. The summed E-state index contributed by atoms with van der Waals surface area (Å²) in [5.41, 5.74) is 6.24. The lowest BCUT2D eigenvalue weighted by molar-refractivity contribution is 0.102. The van der Waals surface area contributed by atoms with Gasteiger partial charge in [-0.1, -0.05) is 11.6 Å². The third-order valence-corrected chi connectivity index (χ3v) is 3.94. The van der Waals surface area contributed by atoms with Gasteiger partial charge in [-0.2, -0.15) is 0 Å². The summed E-state index contributed by atoms with van der Waals surface area (Å²) in [7, 11) is -3.27. The Morgan fingerprint density at radius 3 is 2.38 bits per heavy atom. The minimum Gasteiger partial charge on any atom is -0.384 e. The predicted molar refractivity (Wildman–Crippen MR) is 81.2 cm³/mol. The highest BCUT2D eigenvalue weighted by atomic mass is 35.5. The molecular formula is C13H12ClN3O3S. The average molecular weight is 326 g/mol. The molecule has 0 radical (unpaired) electrons. The van der Waals surface area contributed by atoms with Crippen LogP contribution in [0.25, 0.3) is 0 Å². The number of carbonyl (C=O) groups is 1. The van der Waals surface area contributed by atoms with Gasteiger partial charge >= 0.3 is 0 Å². The Bertz CT molecular complexity index is 769. The molecule has 0 fully saturated rings. The Balaban J connectivity index is 2.20. The number of amides is 1. The number of carbonyl (C=O) groups excluding carboxylic acids is 1. The van der Waals surface area contributed by atoms with Gasteiger partial charge in [0.15, 0.2) is 9.84 Å². The standard InChI is InChI=1S/C13H12ClN3O3S/c1-21(19,20)10-4-2-9(3-5-10)16-13(18)8-6-11(14)17-12(15)7-8/h2-7H,1H3,(H2,15,17)(H,16,18). The molecule has 21 heavy (non-hydrogen) atoms. The van der Waals surface area contributed by atoms with Crippen LogP contribution >= 0.6 is 11.6 Å². The van der Waals surface area contributed by atoms with E-state index in [2.05, 4.69) is 10.3 Å². The van der Waals surface area contributed by atoms with Crippen molar-refractivity contribution < 1.29 is 13.2 Å². The number of anilines is 2. The second-order valence-corrected chi connectivity index (χ2v) is 6.76. The molecule has 1 heterocycles. The highest BCUT2D eigenvalue weighted by molar-refractivity contribution is 7.90. The fourth-order valence-electron chi connectivity index (χ4n) is 1.64. The van der Waals surface area contributed by atoms with Gasteiger partial charge in [0.1, 0.15) is 11.0 Å². The summed E-state index contributed by atoms with van der Waals surface area (Å²) in [6, 6.07) is 8.61. The molecule has 1 amide bonds. The fraction of sp³-hybridized carbons (Fsp3) is 0.0769. The lowest BCUT2D eigenvalue weighted by Crippen LogP contribution is -2.12. The zero-order chi connectivity index (χ0) is 15.6. The quantitative estimate of drug-likeness (QED) is 0.840. The van der Waals surface area contributed by atoms with Gasteiger partial charge in [0.05, 0.1) is 4.90 Å². The third-order valence-electron chi connectivity index (χ3n) is 2.62. The number of nitrogens with zero attached hydrogens (tertiary/aromatic N) is 1. The number of nitrogen functional groups attached to an aromatic ring is 1. The molecule has 0 unspecified atom stereocenters. The van der Waals surface area contributed by atoms with E-state index in [1.165, 1.54) is 36.4 Å². The number of nitrogens with two attached hydrogens (primary N) is 1. The van der Waals surface area contributed by atoms with Gasteiger partial charge < -0.3 is 11.1 Å². The summed E-state index contributed by atoms with van der Waals surface area (Å²) >= 11 is 5.73. The van der Waals surface area contributed by atoms with Gasteiger partial charge in [-0.05, 0) is 36.4 Å². The van der Waals surface area contributed by atoms with Crippen molar-refractivity contribution >= 4 is 38.9 Å². The van der Waals surface area contributed by atoms with E-state index in [0.29, 0.717) is 5.69 Å². The molecular weight excluding hydrogens is 314 g/mol. The zero-order valence-corrected chi connectivity index (χ0v) is 12.6. The van der Waals surface area contributed by atoms with Gasteiger partial charge in [-0.3, -0.25) is 4.79 Å². The van der Waals surface area contributed by atoms with Crippen molar-refractivity contribution in [1.82, 2.24) is 4.98 Å². The number of benzene rings is 1. The molecule has 1 aromatic carbocycles. The van der Waals surface area contributed by atoms with Crippen LogP contribution < -0.4 is 11.1 Å². The molecule has 0 aliphatic carbocycles. The van der Waals surface area contributed by atoms with Crippen LogP contribution in [-0.2, 0) is 9.84 Å². The van der Waals surface area contributed by atoms with Gasteiger partial charge in [0.2, 0.25) is 0 Å². The number of rotatable bonds is 3. The molecule has 2 aromatic rings. The van der Waals surface area contributed by atoms with Crippen LogP contribution in [0.2, 0.25) is 5.15 Å². The Kier molecular flexibility index (Phi) is 4.15. The second-order valence-electron chi connectivity index (χ2n) is 4.35. The molecule has 0 aliphatic heterocycles. The van der Waals surface area contributed by atoms with E-state index >= 15 is 0 Å². The highest BCUT2D eigenvalue weighted by Crippen LogP contribution is 2.17. The SMILES string of the molecule is CS(=O)(=O)c1ccc(NC(=O)c2cc(N)nc(Cl)c2)cc1. The first-order valence-corrected chi connectivity index (χ1v) is 8.07. The van der Waals surface area contributed by atoms with Crippen molar-refractivity contribution in [3.63, 3.8) is 0 Å². The molecule has 0 atom stereocenters. The topological polar surface area (TPSA) is 102 Å². The molecule has 0 spiro atoms. The van der Waals surface area contributed by atoms with Crippen molar-refractivity contribution in [1.29, 1.82) is 0 Å². The van der Waals surface area contributed by atoms with Crippen molar-refractivity contribution in [2.75, 3.05) is 17.3 Å². The van der Waals surface area contributed by atoms with Crippen LogP contribution in [0.1, 0.15) is 10.4 Å². The number of pyridine rings is 1. The van der Waals surface area contributed by atoms with Crippen LogP contribution in [0.15, 0.2) is 41.3 Å². The van der Waals surface area contributed by atoms with E-state index in [9.17, 15) is 13.2 Å². The Morgan fingerprint density at radius 1 is 1.24 bits per heavy atom. The highest BCUT2D eigenvalue weighted by Gasteiger charge is 2.10. The molecule has 0 bridgehead atoms. The monoisotopic (exact) mass is 325 g/mol. The summed E-state index contributed by atoms with van der Waals surface area (Å²) in [4.78, 5) is 16.0. The first-order valence-electron chi connectivity index (χ1n) is 5.80. The van der Waals surface area contributed by atoms with E-state index in [1.54, 1.807) is 0 Å². The average Bonchev–Trinajstić information content (AvgIpc) is 2.37. The second kappa shape index (κ2) is 5.71. The molecule has 6 nitrogen and oxygen atoms in total. The summed E-state index contributed by atoms with van der Waals surface area (Å²) in [5.74, 6) is -0.279. The minimum atomic E-state index is -3.27. The van der Waals surface area contributed by atoms with Gasteiger partial charge in [-0.25, -0.2) is 13.4 Å². The third kappa shape index (κ3) is 3.93. The molecule has 0 saturated carbocycles. The number of hydrogen-bond acceptors (Lipinski definition) is 5. The molecule has 0 saturated heterocycles. The number of sulfone groups is 1. The first-order chi connectivity index (χ1) is 9.75. The normalized spacial score (nSPS) is 11.1. The maximum absolute atomic E-state index is 12.0. The largest absolute Gasteiger partial charge is 0.384 e. The van der Waals surface area contributed by atoms with Gasteiger partial charge in [-0.15, -0.1) is 0 Å². The Morgan fingerprint density at radius 2 is 1.86 bits per heavy atom. The van der Waals surface area contributed by atoms with E-state index in [1.807, 2.05) is 0 Å². The van der Waals surface area contributed by atoms with Crippen LogP contribution in [-0.4, -0.2) is 25.6 Å². The van der Waals surface area contributed by atoms with E-state index < -0.39 is 15.7 Å². The molecule has 2 rings (SSSR count). The molecule has 1 aromatic heterocycles. The van der Waals surface area contributed by atoms with Crippen molar-refractivity contribution in [3.8, 4) is 0 Å². The number of hydrogen-bond donors (Lipinski definition) is 2. The summed E-state index contributed by atoms with van der Waals surface area (Å²) in [5, 5.41) is 2.73. The Labute approximate surface area is 126 Å². The van der Waals surface area contributed by atoms with E-state index in [4.69, 9.17) is 17.3 Å². The summed E-state index contributed by atoms with van der Waals surface area (Å²) in [6.07, 6.45) is 1.11. The van der Waals surface area contributed by atoms with Crippen LogP contribution in [0.5, 0.6) is 0 Å². The molecule has 8 heteroatoms. The molecule has 110 valence electrons.